The maximum Gasteiger partial charge on any atom is 0.245 e. The molecule has 1 aliphatic heterocycles. The van der Waals surface area contributed by atoms with Gasteiger partial charge in [-0.05, 0) is 44.7 Å². The van der Waals surface area contributed by atoms with Gasteiger partial charge in [0, 0.05) is 23.9 Å². The van der Waals surface area contributed by atoms with Crippen molar-refractivity contribution in [3.05, 3.63) is 21.3 Å². The van der Waals surface area contributed by atoms with Crippen LogP contribution in [0.25, 0.3) is 0 Å². The number of thiophene rings is 1. The standard InChI is InChI=1S/C19H27ClN2O2S/c1-2-21(13-15-10-11-17(20)25-15)19(24)16-9-6-12-22(16)18(23)14-7-4-3-5-8-14/h10-11,14,16H,2-9,12-13H2,1H3. The predicted octanol–water partition coefficient (Wildman–Crippen LogP) is 4.32. The molecule has 25 heavy (non-hydrogen) atoms. The van der Waals surface area contributed by atoms with Gasteiger partial charge in [-0.15, -0.1) is 11.3 Å². The van der Waals surface area contributed by atoms with E-state index in [1.165, 1.54) is 17.8 Å². The fraction of sp³-hybridized carbons (Fsp3) is 0.684. The molecule has 0 bridgehead atoms. The molecule has 0 spiro atoms. The second-order valence-electron chi connectivity index (χ2n) is 7.08. The summed E-state index contributed by atoms with van der Waals surface area (Å²) in [6.45, 7) is 3.95. The average Bonchev–Trinajstić information content (AvgIpc) is 3.28. The Morgan fingerprint density at radius 1 is 1.20 bits per heavy atom. The first-order chi connectivity index (χ1) is 12.1. The Morgan fingerprint density at radius 2 is 1.96 bits per heavy atom. The number of rotatable bonds is 5. The van der Waals surface area contributed by atoms with Gasteiger partial charge in [0.15, 0.2) is 0 Å². The van der Waals surface area contributed by atoms with E-state index in [0.29, 0.717) is 13.1 Å². The van der Waals surface area contributed by atoms with Crippen LogP contribution in [0.3, 0.4) is 0 Å². The number of likely N-dealkylation sites (N-methyl/N-ethyl adjacent to an activating group) is 1. The summed E-state index contributed by atoms with van der Waals surface area (Å²) >= 11 is 7.52. The van der Waals surface area contributed by atoms with Crippen molar-refractivity contribution in [2.45, 2.75) is 64.5 Å². The number of amides is 2. The molecule has 1 atom stereocenters. The molecule has 2 aliphatic rings. The highest BCUT2D eigenvalue weighted by Gasteiger charge is 2.38. The number of halogens is 1. The minimum absolute atomic E-state index is 0.0914. The van der Waals surface area contributed by atoms with Crippen molar-refractivity contribution >= 4 is 34.8 Å². The minimum atomic E-state index is -0.273. The third kappa shape index (κ3) is 4.37. The van der Waals surface area contributed by atoms with Crippen molar-refractivity contribution in [1.82, 2.24) is 9.80 Å². The molecule has 3 rings (SSSR count). The monoisotopic (exact) mass is 382 g/mol. The lowest BCUT2D eigenvalue weighted by Crippen LogP contribution is -2.49. The first-order valence-corrected chi connectivity index (χ1v) is 10.6. The van der Waals surface area contributed by atoms with Crippen LogP contribution in [0.2, 0.25) is 4.34 Å². The SMILES string of the molecule is CCN(Cc1ccc(Cl)s1)C(=O)C1CCCN1C(=O)C1CCCCC1. The number of hydrogen-bond acceptors (Lipinski definition) is 3. The summed E-state index contributed by atoms with van der Waals surface area (Å²) in [5, 5.41) is 0. The van der Waals surface area contributed by atoms with E-state index < -0.39 is 0 Å². The van der Waals surface area contributed by atoms with Crippen molar-refractivity contribution in [2.75, 3.05) is 13.1 Å². The Labute approximate surface area is 159 Å². The van der Waals surface area contributed by atoms with E-state index in [9.17, 15) is 9.59 Å². The van der Waals surface area contributed by atoms with Gasteiger partial charge < -0.3 is 9.80 Å². The Morgan fingerprint density at radius 3 is 2.60 bits per heavy atom. The number of carbonyl (C=O) groups excluding carboxylic acids is 2. The van der Waals surface area contributed by atoms with Crippen molar-refractivity contribution in [3.8, 4) is 0 Å². The highest BCUT2D eigenvalue weighted by atomic mass is 35.5. The molecule has 1 saturated carbocycles. The lowest BCUT2D eigenvalue weighted by atomic mass is 9.88. The second-order valence-corrected chi connectivity index (χ2v) is 8.88. The first-order valence-electron chi connectivity index (χ1n) is 9.43. The topological polar surface area (TPSA) is 40.6 Å². The Kier molecular flexibility index (Phi) is 6.39. The fourth-order valence-corrected chi connectivity index (χ4v) is 5.16. The molecule has 1 aliphatic carbocycles. The van der Waals surface area contributed by atoms with Gasteiger partial charge in [0.2, 0.25) is 11.8 Å². The molecule has 2 fully saturated rings. The van der Waals surface area contributed by atoms with Crippen molar-refractivity contribution in [2.24, 2.45) is 5.92 Å². The van der Waals surface area contributed by atoms with Gasteiger partial charge in [-0.25, -0.2) is 0 Å². The van der Waals surface area contributed by atoms with Crippen LogP contribution in [-0.4, -0.2) is 40.7 Å². The van der Waals surface area contributed by atoms with Gasteiger partial charge in [0.1, 0.15) is 6.04 Å². The third-order valence-electron chi connectivity index (χ3n) is 5.44. The Bertz CT molecular complexity index is 612. The van der Waals surface area contributed by atoms with Gasteiger partial charge >= 0.3 is 0 Å². The highest BCUT2D eigenvalue weighted by molar-refractivity contribution is 7.16. The molecule has 1 aromatic rings. The van der Waals surface area contributed by atoms with Crippen LogP contribution in [-0.2, 0) is 16.1 Å². The van der Waals surface area contributed by atoms with Gasteiger partial charge in [-0.3, -0.25) is 9.59 Å². The zero-order valence-corrected chi connectivity index (χ0v) is 16.5. The number of hydrogen-bond donors (Lipinski definition) is 0. The van der Waals surface area contributed by atoms with Gasteiger partial charge in [0.25, 0.3) is 0 Å². The quantitative estimate of drug-likeness (QED) is 0.760. The molecule has 0 radical (unpaired) electrons. The molecule has 2 amide bonds. The smallest absolute Gasteiger partial charge is 0.245 e. The molecule has 1 aromatic heterocycles. The second kappa shape index (κ2) is 8.54. The Balaban J connectivity index is 1.67. The molecule has 4 nitrogen and oxygen atoms in total. The van der Waals surface area contributed by atoms with E-state index in [1.807, 2.05) is 28.9 Å². The third-order valence-corrected chi connectivity index (χ3v) is 6.66. The predicted molar refractivity (Wildman–Crippen MR) is 102 cm³/mol. The summed E-state index contributed by atoms with van der Waals surface area (Å²) in [7, 11) is 0. The summed E-state index contributed by atoms with van der Waals surface area (Å²) in [5.41, 5.74) is 0. The maximum absolute atomic E-state index is 13.1. The molecule has 1 saturated heterocycles. The van der Waals surface area contributed by atoms with E-state index in [2.05, 4.69) is 0 Å². The van der Waals surface area contributed by atoms with Crippen LogP contribution in [0.1, 0.15) is 56.7 Å². The molecule has 0 N–H and O–H groups in total. The van der Waals surface area contributed by atoms with Crippen LogP contribution in [0.5, 0.6) is 0 Å². The molecule has 0 aromatic carbocycles. The summed E-state index contributed by atoms with van der Waals surface area (Å²) in [5.74, 6) is 0.438. The molecule has 6 heteroatoms. The molecule has 1 unspecified atom stereocenters. The molecular weight excluding hydrogens is 356 g/mol. The molecule has 2 heterocycles. The fourth-order valence-electron chi connectivity index (χ4n) is 4.05. The van der Waals surface area contributed by atoms with Crippen molar-refractivity contribution in [1.29, 1.82) is 0 Å². The van der Waals surface area contributed by atoms with E-state index in [0.717, 1.165) is 54.3 Å². The van der Waals surface area contributed by atoms with Crippen LogP contribution in [0, 0.1) is 5.92 Å². The number of nitrogens with zero attached hydrogens (tertiary/aromatic N) is 2. The van der Waals surface area contributed by atoms with Crippen LogP contribution >= 0.6 is 22.9 Å². The normalized spacial score (nSPS) is 21.5. The highest BCUT2D eigenvalue weighted by Crippen LogP contribution is 2.30. The summed E-state index contributed by atoms with van der Waals surface area (Å²) in [6.07, 6.45) is 7.21. The van der Waals surface area contributed by atoms with Gasteiger partial charge in [-0.2, -0.15) is 0 Å². The molecule has 138 valence electrons. The summed E-state index contributed by atoms with van der Waals surface area (Å²) in [6, 6.07) is 3.57. The van der Waals surface area contributed by atoms with Crippen LogP contribution in [0.15, 0.2) is 12.1 Å². The van der Waals surface area contributed by atoms with Crippen LogP contribution in [0.4, 0.5) is 0 Å². The van der Waals surface area contributed by atoms with E-state index in [1.54, 1.807) is 0 Å². The zero-order chi connectivity index (χ0) is 17.8. The van der Waals surface area contributed by atoms with Crippen molar-refractivity contribution in [3.63, 3.8) is 0 Å². The lowest BCUT2D eigenvalue weighted by Gasteiger charge is -2.32. The van der Waals surface area contributed by atoms with Crippen LogP contribution < -0.4 is 0 Å². The zero-order valence-electron chi connectivity index (χ0n) is 14.9. The first kappa shape index (κ1) is 18.7. The number of likely N-dealkylation sites (tertiary alicyclic amines) is 1. The van der Waals surface area contributed by atoms with Crippen molar-refractivity contribution < 1.29 is 9.59 Å². The maximum atomic E-state index is 13.1. The Hall–Kier alpha value is -1.07. The lowest BCUT2D eigenvalue weighted by molar-refractivity contribution is -0.146. The van der Waals surface area contributed by atoms with Gasteiger partial charge in [-0.1, -0.05) is 30.9 Å². The van der Waals surface area contributed by atoms with E-state index >= 15 is 0 Å². The largest absolute Gasteiger partial charge is 0.336 e. The average molecular weight is 383 g/mol. The summed E-state index contributed by atoms with van der Waals surface area (Å²) in [4.78, 5) is 30.8. The minimum Gasteiger partial charge on any atom is -0.336 e. The molecular formula is C19H27ClN2O2S. The van der Waals surface area contributed by atoms with E-state index in [4.69, 9.17) is 11.6 Å². The van der Waals surface area contributed by atoms with Gasteiger partial charge in [0.05, 0.1) is 10.9 Å². The summed E-state index contributed by atoms with van der Waals surface area (Å²) < 4.78 is 0.744. The van der Waals surface area contributed by atoms with E-state index in [-0.39, 0.29) is 23.8 Å². The number of carbonyl (C=O) groups is 2.